The van der Waals surface area contributed by atoms with Gasteiger partial charge in [0.05, 0.1) is 0 Å². The molecule has 3 aromatic carbocycles. The highest BCUT2D eigenvalue weighted by molar-refractivity contribution is 5.88. The molecule has 0 fully saturated rings. The van der Waals surface area contributed by atoms with Crippen molar-refractivity contribution >= 4 is 36.0 Å². The average molecular weight is 555 g/mol. The third-order valence-electron chi connectivity index (χ3n) is 5.20. The Hall–Kier alpha value is -5.83. The molecular weight excluding hydrogens is 531 g/mol. The van der Waals surface area contributed by atoms with Crippen molar-refractivity contribution in [1.29, 1.82) is 0 Å². The molecule has 0 heterocycles. The van der Waals surface area contributed by atoms with Gasteiger partial charge in [0.15, 0.2) is 0 Å². The number of hydrogen-bond acceptors (Lipinski definition) is 8. The fourth-order valence-electron chi connectivity index (χ4n) is 3.33. The van der Waals surface area contributed by atoms with Gasteiger partial charge < -0.3 is 18.9 Å². The summed E-state index contributed by atoms with van der Waals surface area (Å²) < 4.78 is 35.9. The van der Waals surface area contributed by atoms with Crippen LogP contribution < -0.4 is 18.9 Å². The third kappa shape index (κ3) is 8.08. The molecule has 0 amide bonds. The van der Waals surface area contributed by atoms with Crippen LogP contribution in [0, 0.1) is 5.82 Å². The molecule has 0 saturated carbocycles. The van der Waals surface area contributed by atoms with Gasteiger partial charge in [-0.1, -0.05) is 50.6 Å². The van der Waals surface area contributed by atoms with Crippen LogP contribution in [0.15, 0.2) is 105 Å². The van der Waals surface area contributed by atoms with Crippen LogP contribution in [0.3, 0.4) is 0 Å². The first kappa shape index (κ1) is 29.7. The van der Waals surface area contributed by atoms with Crippen LogP contribution >= 0.6 is 0 Å². The van der Waals surface area contributed by atoms with E-state index in [1.54, 1.807) is 24.3 Å². The van der Waals surface area contributed by atoms with Crippen LogP contribution in [0.4, 0.5) is 4.39 Å². The second-order valence-electron chi connectivity index (χ2n) is 7.93. The maximum Gasteiger partial charge on any atom is 0.335 e. The molecule has 3 rings (SSSR count). The Balaban J connectivity index is 1.95. The second-order valence-corrected chi connectivity index (χ2v) is 7.93. The van der Waals surface area contributed by atoms with E-state index in [1.807, 2.05) is 0 Å². The molecule has 0 aliphatic carbocycles. The first-order valence-corrected chi connectivity index (χ1v) is 11.8. The minimum absolute atomic E-state index is 0.0580. The van der Waals surface area contributed by atoms with Crippen LogP contribution in [-0.4, -0.2) is 23.9 Å². The Morgan fingerprint density at radius 2 is 1.05 bits per heavy atom. The van der Waals surface area contributed by atoms with E-state index >= 15 is 4.39 Å². The molecule has 0 aliphatic rings. The number of carbonyl (C=O) groups excluding carboxylic acids is 4. The lowest BCUT2D eigenvalue weighted by Gasteiger charge is -2.12. The Kier molecular flexibility index (Phi) is 10.0. The smallest absolute Gasteiger partial charge is 0.335 e. The molecule has 206 valence electrons. The molecular formula is C32H23FO8. The van der Waals surface area contributed by atoms with Crippen molar-refractivity contribution in [2.45, 2.75) is 0 Å². The van der Waals surface area contributed by atoms with E-state index in [2.05, 4.69) is 26.3 Å². The fraction of sp³-hybridized carbons (Fsp3) is 0. The molecule has 0 aromatic heterocycles. The van der Waals surface area contributed by atoms with Gasteiger partial charge in [-0.15, -0.1) is 0 Å². The summed E-state index contributed by atoms with van der Waals surface area (Å²) in [6.07, 6.45) is 7.00. The molecule has 0 aliphatic heterocycles. The third-order valence-corrected chi connectivity index (χ3v) is 5.20. The molecule has 0 spiro atoms. The van der Waals surface area contributed by atoms with Crippen molar-refractivity contribution in [2.75, 3.05) is 0 Å². The summed E-state index contributed by atoms with van der Waals surface area (Å²) in [5.41, 5.74) is 1.18. The number of rotatable bonds is 11. The Bertz CT molecular complexity index is 1600. The minimum Gasteiger partial charge on any atom is -0.423 e. The van der Waals surface area contributed by atoms with Crippen LogP contribution in [0.5, 0.6) is 23.0 Å². The quantitative estimate of drug-likeness (QED) is 0.123. The van der Waals surface area contributed by atoms with Crippen LogP contribution in [0.2, 0.25) is 0 Å². The highest BCUT2D eigenvalue weighted by Crippen LogP contribution is 2.36. The molecule has 0 N–H and O–H groups in total. The predicted molar refractivity (Wildman–Crippen MR) is 151 cm³/mol. The van der Waals surface area contributed by atoms with Gasteiger partial charge >= 0.3 is 23.9 Å². The first-order chi connectivity index (χ1) is 19.7. The fourth-order valence-corrected chi connectivity index (χ4v) is 3.33. The largest absolute Gasteiger partial charge is 0.423 e. The lowest BCUT2D eigenvalue weighted by Crippen LogP contribution is -2.07. The summed E-state index contributed by atoms with van der Waals surface area (Å²) in [6, 6.07) is 12.8. The number of carbonyl (C=O) groups is 4. The first-order valence-electron chi connectivity index (χ1n) is 11.8. The maximum absolute atomic E-state index is 15.3. The summed E-state index contributed by atoms with van der Waals surface area (Å²) in [7, 11) is 0. The zero-order chi connectivity index (χ0) is 29.9. The second kappa shape index (κ2) is 13.8. The van der Waals surface area contributed by atoms with E-state index in [0.29, 0.717) is 11.1 Å². The highest BCUT2D eigenvalue weighted by atomic mass is 19.1. The number of benzene rings is 3. The molecule has 0 radical (unpaired) electrons. The summed E-state index contributed by atoms with van der Waals surface area (Å²) >= 11 is 0. The van der Waals surface area contributed by atoms with Gasteiger partial charge in [0.1, 0.15) is 28.8 Å². The van der Waals surface area contributed by atoms with E-state index in [1.165, 1.54) is 42.5 Å². The average Bonchev–Trinajstić information content (AvgIpc) is 2.97. The molecule has 0 atom stereocenters. The van der Waals surface area contributed by atoms with Crippen molar-refractivity contribution in [3.63, 3.8) is 0 Å². The number of halogens is 1. The molecule has 41 heavy (non-hydrogen) atoms. The van der Waals surface area contributed by atoms with Gasteiger partial charge in [0.25, 0.3) is 0 Å². The highest BCUT2D eigenvalue weighted by Gasteiger charge is 2.16. The van der Waals surface area contributed by atoms with Gasteiger partial charge in [0.2, 0.25) is 0 Å². The number of esters is 4. The zero-order valence-corrected chi connectivity index (χ0v) is 21.6. The SMILES string of the molecule is C=CC(=O)Oc1ccc(/C=C/c2ccc(-c3ccc(OC(=O)C=C)cc3OC(=O)C=C)c(F)c2)c(OC(=O)C=C)c1. The molecule has 8 nitrogen and oxygen atoms in total. The standard InChI is InChI=1S/C32H23FO8/c1-5-29(34)38-22-13-12-21(27(18-22)40-31(36)7-3)11-9-20-10-15-24(26(33)17-20)25-16-14-23(39-30(35)6-2)19-28(25)41-32(37)8-4/h5-19H,1-4H2/b11-9+. The maximum atomic E-state index is 15.3. The van der Waals surface area contributed by atoms with E-state index < -0.39 is 29.7 Å². The van der Waals surface area contributed by atoms with E-state index in [0.717, 1.165) is 24.3 Å². The van der Waals surface area contributed by atoms with E-state index in [4.69, 9.17) is 18.9 Å². The Morgan fingerprint density at radius 3 is 1.61 bits per heavy atom. The van der Waals surface area contributed by atoms with Gasteiger partial charge in [-0.05, 0) is 35.9 Å². The van der Waals surface area contributed by atoms with Gasteiger partial charge in [0, 0.05) is 53.1 Å². The summed E-state index contributed by atoms with van der Waals surface area (Å²) in [4.78, 5) is 46.8. The monoisotopic (exact) mass is 554 g/mol. The van der Waals surface area contributed by atoms with Crippen molar-refractivity contribution in [3.8, 4) is 34.1 Å². The summed E-state index contributed by atoms with van der Waals surface area (Å²) in [5.74, 6) is -3.41. The molecule has 9 heteroatoms. The minimum atomic E-state index is -0.795. The summed E-state index contributed by atoms with van der Waals surface area (Å²) in [6.45, 7) is 13.4. The topological polar surface area (TPSA) is 105 Å². The lowest BCUT2D eigenvalue weighted by molar-refractivity contribution is -0.130. The Labute approximate surface area is 234 Å². The predicted octanol–water partition coefficient (Wildman–Crippen LogP) is 6.03. The van der Waals surface area contributed by atoms with Crippen molar-refractivity contribution in [2.24, 2.45) is 0 Å². The summed E-state index contributed by atoms with van der Waals surface area (Å²) in [5, 5.41) is 0. The van der Waals surface area contributed by atoms with Gasteiger partial charge in [-0.3, -0.25) is 0 Å². The normalized spacial score (nSPS) is 10.3. The molecule has 0 unspecified atom stereocenters. The van der Waals surface area contributed by atoms with Crippen molar-refractivity contribution in [3.05, 3.63) is 122 Å². The van der Waals surface area contributed by atoms with Gasteiger partial charge in [-0.25, -0.2) is 23.6 Å². The van der Waals surface area contributed by atoms with Crippen molar-refractivity contribution in [1.82, 2.24) is 0 Å². The van der Waals surface area contributed by atoms with Gasteiger partial charge in [-0.2, -0.15) is 0 Å². The lowest BCUT2D eigenvalue weighted by atomic mass is 10.0. The van der Waals surface area contributed by atoms with E-state index in [-0.39, 0.29) is 34.1 Å². The number of hydrogen-bond donors (Lipinski definition) is 0. The number of ether oxygens (including phenoxy) is 4. The van der Waals surface area contributed by atoms with Crippen LogP contribution in [-0.2, 0) is 19.2 Å². The molecule has 0 bridgehead atoms. The van der Waals surface area contributed by atoms with Crippen LogP contribution in [0.25, 0.3) is 23.3 Å². The van der Waals surface area contributed by atoms with Crippen molar-refractivity contribution < 1.29 is 42.5 Å². The molecule has 3 aromatic rings. The molecule has 0 saturated heterocycles. The van der Waals surface area contributed by atoms with E-state index in [9.17, 15) is 19.2 Å². The van der Waals surface area contributed by atoms with Crippen LogP contribution in [0.1, 0.15) is 11.1 Å². The Morgan fingerprint density at radius 1 is 0.561 bits per heavy atom. The zero-order valence-electron chi connectivity index (χ0n) is 21.6.